The lowest BCUT2D eigenvalue weighted by molar-refractivity contribution is -0.156. The number of ether oxygens (including phenoxy) is 1. The summed E-state index contributed by atoms with van der Waals surface area (Å²) in [5, 5.41) is 3.19. The van der Waals surface area contributed by atoms with Gasteiger partial charge in [-0.05, 0) is 35.5 Å². The molecule has 0 atom stereocenters. The van der Waals surface area contributed by atoms with Gasteiger partial charge >= 0.3 is 6.18 Å². The molecule has 2 aromatic carbocycles. The van der Waals surface area contributed by atoms with Crippen LogP contribution in [0, 0.1) is 0 Å². The first-order chi connectivity index (χ1) is 10.5. The molecule has 114 valence electrons. The van der Waals surface area contributed by atoms with Crippen LogP contribution < -0.4 is 5.32 Å². The van der Waals surface area contributed by atoms with Gasteiger partial charge in [-0.2, -0.15) is 13.2 Å². The molecule has 0 saturated carbocycles. The number of fused-ring (bicyclic) bond motifs is 2. The van der Waals surface area contributed by atoms with Crippen molar-refractivity contribution in [2.24, 2.45) is 0 Å². The van der Waals surface area contributed by atoms with Gasteiger partial charge < -0.3 is 10.1 Å². The fourth-order valence-corrected chi connectivity index (χ4v) is 2.84. The molecule has 0 radical (unpaired) electrons. The maximum atomic E-state index is 12.4. The quantitative estimate of drug-likeness (QED) is 0.804. The van der Waals surface area contributed by atoms with E-state index in [4.69, 9.17) is 17.0 Å². The van der Waals surface area contributed by atoms with Gasteiger partial charge in [0.2, 0.25) is 0 Å². The Morgan fingerprint density at radius 2 is 1.50 bits per heavy atom. The highest BCUT2D eigenvalue weighted by Gasteiger charge is 2.33. The van der Waals surface area contributed by atoms with Crippen molar-refractivity contribution in [3.63, 3.8) is 0 Å². The molecule has 2 aromatic rings. The number of nitrogens with one attached hydrogen (secondary N) is 1. The summed E-state index contributed by atoms with van der Waals surface area (Å²) in [6.07, 6.45) is -4.41. The van der Waals surface area contributed by atoms with Gasteiger partial charge in [-0.15, -0.1) is 0 Å². The fourth-order valence-electron chi connectivity index (χ4n) is 2.53. The van der Waals surface area contributed by atoms with Crippen LogP contribution >= 0.6 is 12.2 Å². The largest absolute Gasteiger partial charge is 0.477 e. The molecule has 0 aliphatic carbocycles. The molecular formula is C16H12F3NOS. The van der Waals surface area contributed by atoms with Crippen molar-refractivity contribution < 1.29 is 17.9 Å². The second-order valence-corrected chi connectivity index (χ2v) is 5.36. The summed E-state index contributed by atoms with van der Waals surface area (Å²) in [5.41, 5.74) is 3.27. The zero-order valence-electron chi connectivity index (χ0n) is 11.4. The monoisotopic (exact) mass is 323 g/mol. The smallest absolute Gasteiger partial charge is 0.422 e. The van der Waals surface area contributed by atoms with E-state index in [-0.39, 0.29) is 5.05 Å². The lowest BCUT2D eigenvalue weighted by atomic mass is 9.86. The summed E-state index contributed by atoms with van der Waals surface area (Å²) in [7, 11) is 0. The number of hydrogen-bond acceptors (Lipinski definition) is 3. The van der Waals surface area contributed by atoms with E-state index in [9.17, 15) is 13.2 Å². The summed E-state index contributed by atoms with van der Waals surface area (Å²) < 4.78 is 42.0. The second kappa shape index (κ2) is 5.61. The minimum Gasteiger partial charge on any atom is -0.477 e. The van der Waals surface area contributed by atoms with Crippen molar-refractivity contribution in [1.29, 1.82) is 0 Å². The average Bonchev–Trinajstić information content (AvgIpc) is 2.49. The predicted molar refractivity (Wildman–Crippen MR) is 82.6 cm³/mol. The zero-order chi connectivity index (χ0) is 15.7. The highest BCUT2D eigenvalue weighted by Crippen LogP contribution is 2.42. The number of benzene rings is 2. The molecule has 0 unspecified atom stereocenters. The third-order valence-corrected chi connectivity index (χ3v) is 3.78. The van der Waals surface area contributed by atoms with Crippen LogP contribution in [0.3, 0.4) is 0 Å². The van der Waals surface area contributed by atoms with Gasteiger partial charge in [-0.3, -0.25) is 0 Å². The van der Waals surface area contributed by atoms with Gasteiger partial charge in [0.05, 0.1) is 5.92 Å². The molecule has 0 bridgehead atoms. The Morgan fingerprint density at radius 1 is 1.00 bits per heavy atom. The standard InChI is InChI=1S/C16H12F3NOS/c17-16(18,19)9-21-15(22)14-10-5-1-3-7-12(10)20-13-8-4-2-6-11(13)14/h1-8,14,20H,9H2. The molecule has 1 heterocycles. The molecule has 22 heavy (non-hydrogen) atoms. The molecule has 1 N–H and O–H groups in total. The van der Waals surface area contributed by atoms with E-state index in [0.29, 0.717) is 0 Å². The Balaban J connectivity index is 1.98. The van der Waals surface area contributed by atoms with E-state index in [2.05, 4.69) is 5.32 Å². The van der Waals surface area contributed by atoms with Crippen LogP contribution in [0.25, 0.3) is 0 Å². The van der Waals surface area contributed by atoms with Crippen LogP contribution in [0.5, 0.6) is 0 Å². The number of hydrogen-bond donors (Lipinski definition) is 1. The summed E-state index contributed by atoms with van der Waals surface area (Å²) in [4.78, 5) is 0. The van der Waals surface area contributed by atoms with Crippen LogP contribution in [0.1, 0.15) is 17.0 Å². The average molecular weight is 323 g/mol. The molecular weight excluding hydrogens is 311 g/mol. The highest BCUT2D eigenvalue weighted by atomic mass is 32.1. The molecule has 0 amide bonds. The molecule has 2 nitrogen and oxygen atoms in total. The summed E-state index contributed by atoms with van der Waals surface area (Å²) in [6.45, 7) is -1.37. The lowest BCUT2D eigenvalue weighted by Crippen LogP contribution is -2.25. The third kappa shape index (κ3) is 2.92. The second-order valence-electron chi connectivity index (χ2n) is 4.96. The lowest BCUT2D eigenvalue weighted by Gasteiger charge is -2.29. The Hall–Kier alpha value is -2.08. The van der Waals surface area contributed by atoms with Crippen molar-refractivity contribution in [3.05, 3.63) is 59.7 Å². The van der Waals surface area contributed by atoms with Crippen molar-refractivity contribution in [3.8, 4) is 0 Å². The molecule has 3 rings (SSSR count). The Labute approximate surface area is 130 Å². The van der Waals surface area contributed by atoms with E-state index in [1.807, 2.05) is 48.5 Å². The van der Waals surface area contributed by atoms with Crippen molar-refractivity contribution >= 4 is 28.6 Å². The van der Waals surface area contributed by atoms with Gasteiger partial charge in [0.1, 0.15) is 0 Å². The highest BCUT2D eigenvalue weighted by molar-refractivity contribution is 7.80. The Morgan fingerprint density at radius 3 is 2.00 bits per heavy atom. The number of halogens is 3. The van der Waals surface area contributed by atoms with E-state index >= 15 is 0 Å². The Kier molecular flexibility index (Phi) is 3.78. The summed E-state index contributed by atoms with van der Waals surface area (Å²) >= 11 is 5.14. The van der Waals surface area contributed by atoms with Crippen LogP contribution in [0.4, 0.5) is 24.5 Å². The number of thiocarbonyl (C=S) groups is 1. The number of anilines is 2. The molecule has 0 spiro atoms. The summed E-state index contributed by atoms with van der Waals surface area (Å²) in [6, 6.07) is 14.8. The van der Waals surface area contributed by atoms with Gasteiger partial charge in [-0.1, -0.05) is 36.4 Å². The molecule has 1 aliphatic rings. The van der Waals surface area contributed by atoms with Gasteiger partial charge in [-0.25, -0.2) is 0 Å². The third-order valence-electron chi connectivity index (χ3n) is 3.43. The minimum absolute atomic E-state index is 0.0706. The van der Waals surface area contributed by atoms with Crippen molar-refractivity contribution in [2.75, 3.05) is 11.9 Å². The van der Waals surface area contributed by atoms with E-state index in [0.717, 1.165) is 22.5 Å². The van der Waals surface area contributed by atoms with E-state index in [1.54, 1.807) is 0 Å². The van der Waals surface area contributed by atoms with Crippen molar-refractivity contribution in [2.45, 2.75) is 12.1 Å². The molecule has 1 aliphatic heterocycles. The van der Waals surface area contributed by atoms with Gasteiger partial charge in [0.15, 0.2) is 11.7 Å². The maximum absolute atomic E-state index is 12.4. The predicted octanol–water partition coefficient (Wildman–Crippen LogP) is 4.78. The van der Waals surface area contributed by atoms with Crippen LogP contribution in [0.2, 0.25) is 0 Å². The first-order valence-electron chi connectivity index (χ1n) is 6.64. The maximum Gasteiger partial charge on any atom is 0.422 e. The van der Waals surface area contributed by atoms with Crippen molar-refractivity contribution in [1.82, 2.24) is 0 Å². The van der Waals surface area contributed by atoms with E-state index < -0.39 is 18.7 Å². The van der Waals surface area contributed by atoms with Gasteiger partial charge in [0, 0.05) is 11.4 Å². The van der Waals surface area contributed by atoms with Crippen LogP contribution in [-0.2, 0) is 4.74 Å². The molecule has 0 aromatic heterocycles. The molecule has 0 fully saturated rings. The normalized spacial score (nSPS) is 13.8. The molecule has 0 saturated heterocycles. The minimum atomic E-state index is -4.41. The summed E-state index contributed by atoms with van der Waals surface area (Å²) in [5.74, 6) is -0.494. The number of alkyl halides is 3. The van der Waals surface area contributed by atoms with Crippen LogP contribution in [-0.4, -0.2) is 17.8 Å². The van der Waals surface area contributed by atoms with Gasteiger partial charge in [0.25, 0.3) is 0 Å². The van der Waals surface area contributed by atoms with E-state index in [1.165, 1.54) is 0 Å². The number of para-hydroxylation sites is 2. The first-order valence-corrected chi connectivity index (χ1v) is 7.05. The number of rotatable bonds is 2. The zero-order valence-corrected chi connectivity index (χ0v) is 12.2. The fraction of sp³-hybridized carbons (Fsp3) is 0.188. The molecule has 6 heteroatoms. The topological polar surface area (TPSA) is 21.3 Å². The van der Waals surface area contributed by atoms with Crippen LogP contribution in [0.15, 0.2) is 48.5 Å². The Bertz CT molecular complexity index is 669. The SMILES string of the molecule is FC(F)(F)COC(=S)C1c2ccccc2Nc2ccccc21. The first kappa shape index (κ1) is 14.8.